The minimum Gasteiger partial charge on any atom is -0.497 e. The second-order valence-electron chi connectivity index (χ2n) is 4.15. The van der Waals surface area contributed by atoms with Gasteiger partial charge in [-0.15, -0.1) is 0 Å². The minimum atomic E-state index is 0.206. The number of rotatable bonds is 4. The first-order valence-electron chi connectivity index (χ1n) is 5.85. The van der Waals surface area contributed by atoms with Gasteiger partial charge in [0.25, 0.3) is 0 Å². The van der Waals surface area contributed by atoms with Crippen LogP contribution in [0.5, 0.6) is 5.75 Å². The Balaban J connectivity index is 2.08. The van der Waals surface area contributed by atoms with Crippen LogP contribution < -0.4 is 10.1 Å². The number of methoxy groups -OCH3 is 1. The number of nitrogens with one attached hydrogen (secondary N) is 1. The van der Waals surface area contributed by atoms with Crippen molar-refractivity contribution < 1.29 is 4.74 Å². The van der Waals surface area contributed by atoms with Gasteiger partial charge >= 0.3 is 0 Å². The van der Waals surface area contributed by atoms with Crippen molar-refractivity contribution in [3.63, 3.8) is 0 Å². The molecule has 0 amide bonds. The fourth-order valence-electron chi connectivity index (χ4n) is 1.80. The fourth-order valence-corrected chi connectivity index (χ4v) is 2.00. The zero-order valence-electron chi connectivity index (χ0n) is 10.5. The quantitative estimate of drug-likeness (QED) is 0.874. The van der Waals surface area contributed by atoms with Gasteiger partial charge < -0.3 is 10.1 Å². The predicted molar refractivity (Wildman–Crippen MR) is 76.5 cm³/mol. The SMILES string of the molecule is COc1ccc(NC(C)c2cccc(Cl)c2)cc1. The Hall–Kier alpha value is -1.67. The van der Waals surface area contributed by atoms with E-state index in [0.29, 0.717) is 0 Å². The largest absolute Gasteiger partial charge is 0.497 e. The van der Waals surface area contributed by atoms with Crippen molar-refractivity contribution in [1.82, 2.24) is 0 Å². The van der Waals surface area contributed by atoms with Gasteiger partial charge in [0.1, 0.15) is 5.75 Å². The van der Waals surface area contributed by atoms with Crippen LogP contribution in [0, 0.1) is 0 Å². The Morgan fingerprint density at radius 2 is 1.83 bits per heavy atom. The lowest BCUT2D eigenvalue weighted by Gasteiger charge is -2.16. The van der Waals surface area contributed by atoms with Crippen molar-refractivity contribution in [2.75, 3.05) is 12.4 Å². The second kappa shape index (κ2) is 5.78. The smallest absolute Gasteiger partial charge is 0.119 e. The molecule has 0 radical (unpaired) electrons. The van der Waals surface area contributed by atoms with E-state index in [1.165, 1.54) is 5.56 Å². The van der Waals surface area contributed by atoms with E-state index in [1.807, 2.05) is 42.5 Å². The van der Waals surface area contributed by atoms with E-state index in [-0.39, 0.29) is 6.04 Å². The molecule has 0 aliphatic heterocycles. The maximum absolute atomic E-state index is 5.99. The van der Waals surface area contributed by atoms with Crippen LogP contribution in [0.1, 0.15) is 18.5 Å². The number of ether oxygens (including phenoxy) is 1. The zero-order chi connectivity index (χ0) is 13.0. The van der Waals surface area contributed by atoms with Gasteiger partial charge in [-0.1, -0.05) is 23.7 Å². The summed E-state index contributed by atoms with van der Waals surface area (Å²) in [5, 5.41) is 4.18. The minimum absolute atomic E-state index is 0.206. The predicted octanol–water partition coefficient (Wildman–Crippen LogP) is 4.52. The van der Waals surface area contributed by atoms with Crippen molar-refractivity contribution in [3.8, 4) is 5.75 Å². The van der Waals surface area contributed by atoms with E-state index in [0.717, 1.165) is 16.5 Å². The summed E-state index contributed by atoms with van der Waals surface area (Å²) in [6.45, 7) is 2.11. The molecular weight excluding hydrogens is 246 g/mol. The highest BCUT2D eigenvalue weighted by Gasteiger charge is 2.05. The number of benzene rings is 2. The number of anilines is 1. The summed E-state index contributed by atoms with van der Waals surface area (Å²) in [7, 11) is 1.66. The van der Waals surface area contributed by atoms with Crippen LogP contribution in [0.25, 0.3) is 0 Å². The first-order chi connectivity index (χ1) is 8.69. The van der Waals surface area contributed by atoms with Crippen LogP contribution in [0.15, 0.2) is 48.5 Å². The highest BCUT2D eigenvalue weighted by Crippen LogP contribution is 2.23. The number of halogens is 1. The molecule has 0 aliphatic carbocycles. The third kappa shape index (κ3) is 3.17. The summed E-state index contributed by atoms with van der Waals surface area (Å²) in [5.41, 5.74) is 2.22. The molecule has 0 saturated carbocycles. The Kier molecular flexibility index (Phi) is 4.11. The molecule has 18 heavy (non-hydrogen) atoms. The van der Waals surface area contributed by atoms with E-state index < -0.39 is 0 Å². The van der Waals surface area contributed by atoms with Crippen molar-refractivity contribution in [1.29, 1.82) is 0 Å². The molecule has 0 aromatic heterocycles. The lowest BCUT2D eigenvalue weighted by atomic mass is 10.1. The van der Waals surface area contributed by atoms with E-state index in [1.54, 1.807) is 7.11 Å². The van der Waals surface area contributed by atoms with E-state index in [4.69, 9.17) is 16.3 Å². The normalized spacial score (nSPS) is 11.9. The van der Waals surface area contributed by atoms with Gasteiger partial charge in [0.15, 0.2) is 0 Å². The molecule has 2 rings (SSSR count). The fraction of sp³-hybridized carbons (Fsp3) is 0.200. The first kappa shape index (κ1) is 12.8. The van der Waals surface area contributed by atoms with Gasteiger partial charge in [-0.3, -0.25) is 0 Å². The first-order valence-corrected chi connectivity index (χ1v) is 6.23. The topological polar surface area (TPSA) is 21.3 Å². The molecule has 0 bridgehead atoms. The van der Waals surface area contributed by atoms with Gasteiger partial charge in [-0.25, -0.2) is 0 Å². The monoisotopic (exact) mass is 261 g/mol. The van der Waals surface area contributed by atoms with E-state index in [9.17, 15) is 0 Å². The highest BCUT2D eigenvalue weighted by atomic mass is 35.5. The molecule has 1 atom stereocenters. The second-order valence-corrected chi connectivity index (χ2v) is 4.59. The van der Waals surface area contributed by atoms with Crippen LogP contribution in [0.3, 0.4) is 0 Å². The molecule has 94 valence electrons. The molecule has 0 fully saturated rings. The molecule has 2 aromatic carbocycles. The number of hydrogen-bond acceptors (Lipinski definition) is 2. The standard InChI is InChI=1S/C15H16ClNO/c1-11(12-4-3-5-13(16)10-12)17-14-6-8-15(18-2)9-7-14/h3-11,17H,1-2H3. The van der Waals surface area contributed by atoms with Crippen molar-refractivity contribution in [2.24, 2.45) is 0 Å². The van der Waals surface area contributed by atoms with Crippen molar-refractivity contribution >= 4 is 17.3 Å². The Morgan fingerprint density at radius 1 is 1.11 bits per heavy atom. The molecule has 0 aliphatic rings. The summed E-state index contributed by atoms with van der Waals surface area (Å²) in [6.07, 6.45) is 0. The van der Waals surface area contributed by atoms with Crippen molar-refractivity contribution in [2.45, 2.75) is 13.0 Å². The van der Waals surface area contributed by atoms with Crippen LogP contribution in [0.2, 0.25) is 5.02 Å². The van der Waals surface area contributed by atoms with E-state index in [2.05, 4.69) is 18.3 Å². The van der Waals surface area contributed by atoms with E-state index >= 15 is 0 Å². The van der Waals surface area contributed by atoms with Gasteiger partial charge in [0.05, 0.1) is 7.11 Å². The third-order valence-electron chi connectivity index (χ3n) is 2.82. The zero-order valence-corrected chi connectivity index (χ0v) is 11.2. The third-order valence-corrected chi connectivity index (χ3v) is 3.06. The summed E-state index contributed by atoms with van der Waals surface area (Å²) < 4.78 is 5.13. The molecular formula is C15H16ClNO. The molecule has 0 heterocycles. The molecule has 0 saturated heterocycles. The van der Waals surface area contributed by atoms with Gasteiger partial charge in [0, 0.05) is 16.8 Å². The molecule has 1 N–H and O–H groups in total. The van der Waals surface area contributed by atoms with Crippen LogP contribution >= 0.6 is 11.6 Å². The lowest BCUT2D eigenvalue weighted by molar-refractivity contribution is 0.415. The summed E-state index contributed by atoms with van der Waals surface area (Å²) in [5.74, 6) is 0.857. The average Bonchev–Trinajstić information content (AvgIpc) is 2.39. The lowest BCUT2D eigenvalue weighted by Crippen LogP contribution is -2.06. The average molecular weight is 262 g/mol. The van der Waals surface area contributed by atoms with Gasteiger partial charge in [0.2, 0.25) is 0 Å². The maximum atomic E-state index is 5.99. The molecule has 1 unspecified atom stereocenters. The Labute approximate surface area is 113 Å². The van der Waals surface area contributed by atoms with Gasteiger partial charge in [-0.2, -0.15) is 0 Å². The van der Waals surface area contributed by atoms with Crippen LogP contribution in [-0.2, 0) is 0 Å². The molecule has 3 heteroatoms. The molecule has 2 aromatic rings. The summed E-state index contributed by atoms with van der Waals surface area (Å²) in [4.78, 5) is 0. The summed E-state index contributed by atoms with van der Waals surface area (Å²) in [6, 6.07) is 16.0. The highest BCUT2D eigenvalue weighted by molar-refractivity contribution is 6.30. The van der Waals surface area contributed by atoms with Crippen LogP contribution in [-0.4, -0.2) is 7.11 Å². The number of hydrogen-bond donors (Lipinski definition) is 1. The van der Waals surface area contributed by atoms with Crippen LogP contribution in [0.4, 0.5) is 5.69 Å². The summed E-state index contributed by atoms with van der Waals surface area (Å²) >= 11 is 5.99. The Morgan fingerprint density at radius 3 is 2.44 bits per heavy atom. The molecule has 0 spiro atoms. The van der Waals surface area contributed by atoms with Gasteiger partial charge in [-0.05, 0) is 48.9 Å². The Bertz CT molecular complexity index is 510. The maximum Gasteiger partial charge on any atom is 0.119 e. The van der Waals surface area contributed by atoms with Crippen molar-refractivity contribution in [3.05, 3.63) is 59.1 Å². The molecule has 2 nitrogen and oxygen atoms in total.